The van der Waals surface area contributed by atoms with Crippen LogP contribution in [0, 0.1) is 17.3 Å². The van der Waals surface area contributed by atoms with Gasteiger partial charge in [0.1, 0.15) is 13.9 Å². The van der Waals surface area contributed by atoms with Gasteiger partial charge < -0.3 is 5.32 Å². The Morgan fingerprint density at radius 2 is 1.83 bits per heavy atom. The average molecular weight is 345 g/mol. The van der Waals surface area contributed by atoms with E-state index in [0.29, 0.717) is 5.56 Å². The molecule has 0 spiro atoms. The number of carbonyl (C=O) groups excluding carboxylic acids is 1. The van der Waals surface area contributed by atoms with E-state index in [-0.39, 0.29) is 16.9 Å². The lowest BCUT2D eigenvalue weighted by atomic mass is 10.1. The van der Waals surface area contributed by atoms with Crippen molar-refractivity contribution in [2.75, 3.05) is 5.32 Å². The van der Waals surface area contributed by atoms with Gasteiger partial charge in [-0.1, -0.05) is 37.7 Å². The van der Waals surface area contributed by atoms with Crippen LogP contribution < -0.4 is 5.32 Å². The van der Waals surface area contributed by atoms with Crippen molar-refractivity contribution in [2.45, 2.75) is 19.6 Å². The molecule has 0 bridgehead atoms. The van der Waals surface area contributed by atoms with E-state index in [1.54, 1.807) is 24.3 Å². The Kier molecular flexibility index (Phi) is 5.37. The summed E-state index contributed by atoms with van der Waals surface area (Å²) in [7, 11) is -1.59. The predicted molar refractivity (Wildman–Crippen MR) is 92.9 cm³/mol. The molecule has 0 aliphatic heterocycles. The molecule has 1 N–H and O–H groups in total. The summed E-state index contributed by atoms with van der Waals surface area (Å²) in [5.41, 5.74) is 4.09. The second-order valence-electron chi connectivity index (χ2n) is 6.23. The molecule has 2 aromatic rings. The third-order valence-electron chi connectivity index (χ3n) is 3.03. The lowest BCUT2D eigenvalue weighted by molar-refractivity contribution is -0.0787. The van der Waals surface area contributed by atoms with E-state index in [0.717, 1.165) is 0 Å². The molecule has 0 fully saturated rings. The molecule has 0 saturated heterocycles. The van der Waals surface area contributed by atoms with Crippen molar-refractivity contribution in [3.05, 3.63) is 59.4 Å². The molecule has 0 saturated carbocycles. The van der Waals surface area contributed by atoms with E-state index >= 15 is 0 Å². The third-order valence-corrected chi connectivity index (χ3v) is 3.91. The van der Waals surface area contributed by atoms with Gasteiger partial charge in [0.25, 0.3) is 0 Å². The van der Waals surface area contributed by atoms with Crippen LogP contribution in [0.15, 0.2) is 42.5 Å². The molecular weight excluding hydrogens is 328 g/mol. The van der Waals surface area contributed by atoms with Crippen LogP contribution in [0.1, 0.15) is 15.9 Å². The number of hydrogen-bond acceptors (Lipinski definition) is 3. The van der Waals surface area contributed by atoms with Crippen molar-refractivity contribution in [3.63, 3.8) is 0 Å². The number of hydrogen-bond donors (Lipinski definition) is 1. The summed E-state index contributed by atoms with van der Waals surface area (Å²) in [6, 6.07) is 10.7. The molecule has 0 radical (unpaired) electrons. The Hall–Kier alpha value is -2.65. The van der Waals surface area contributed by atoms with Crippen LogP contribution in [-0.2, 0) is 4.94 Å². The van der Waals surface area contributed by atoms with Crippen molar-refractivity contribution in [1.29, 1.82) is 0 Å². The van der Waals surface area contributed by atoms with Gasteiger partial charge in [0.2, 0.25) is 0 Å². The number of anilines is 2. The number of nitrogens with one attached hydrogen (secondary N) is 1. The minimum absolute atomic E-state index is 0.0527. The van der Waals surface area contributed by atoms with Crippen LogP contribution in [0.5, 0.6) is 0 Å². The van der Waals surface area contributed by atoms with Crippen molar-refractivity contribution in [1.82, 2.24) is 0 Å². The van der Waals surface area contributed by atoms with Crippen molar-refractivity contribution < 1.29 is 18.7 Å². The summed E-state index contributed by atoms with van der Waals surface area (Å²) in [5.74, 6) is 1.34. The van der Waals surface area contributed by atoms with Gasteiger partial charge in [-0.3, -0.25) is 0 Å². The second kappa shape index (κ2) is 7.28. The Morgan fingerprint density at radius 1 is 1.12 bits per heavy atom. The largest absolute Gasteiger partial charge is 0.381 e. The van der Waals surface area contributed by atoms with E-state index in [9.17, 15) is 13.7 Å². The number of halogens is 2. The minimum Gasteiger partial charge on any atom is -0.352 e. The molecule has 6 heteroatoms. The smallest absolute Gasteiger partial charge is 0.352 e. The topological polar surface area (TPSA) is 38.3 Å². The summed E-state index contributed by atoms with van der Waals surface area (Å²) in [6.07, 6.45) is 0. The molecule has 0 unspecified atom stereocenters. The van der Waals surface area contributed by atoms with Crippen LogP contribution in [0.4, 0.5) is 20.3 Å². The monoisotopic (exact) mass is 345 g/mol. The Labute approximate surface area is 140 Å². The lowest BCUT2D eigenvalue weighted by Gasteiger charge is -2.11. The first-order valence-corrected chi connectivity index (χ1v) is 10.8. The predicted octanol–water partition coefficient (Wildman–Crippen LogP) is 4.84. The maximum absolute atomic E-state index is 13.8. The molecular formula is C18H17F2NO2Si. The molecule has 0 atom stereocenters. The Bertz CT molecular complexity index is 820. The van der Waals surface area contributed by atoms with Crippen LogP contribution in [0.2, 0.25) is 19.6 Å². The van der Waals surface area contributed by atoms with Crippen LogP contribution in [0.25, 0.3) is 0 Å². The zero-order valence-electron chi connectivity index (χ0n) is 13.6. The molecule has 0 aliphatic rings. The first-order valence-electron chi connectivity index (χ1n) is 7.32. The highest BCUT2D eigenvalue weighted by Gasteiger charge is 2.16. The quantitative estimate of drug-likeness (QED) is 0.639. The molecule has 0 aliphatic carbocycles. The van der Waals surface area contributed by atoms with Gasteiger partial charge in [0.15, 0.2) is 0 Å². The molecule has 0 amide bonds. The Balaban J connectivity index is 2.42. The summed E-state index contributed by atoms with van der Waals surface area (Å²) in [4.78, 5) is 15.0. The van der Waals surface area contributed by atoms with Gasteiger partial charge >= 0.3 is 5.97 Å². The standard InChI is InChI=1S/C18H17F2NO2Si/c1-24(2,3)11-10-13-8-9-16(14(12-13)18(22)23-20)21-17-7-5-4-6-15(17)19/h4-9,12,21H,1-3H3. The fourth-order valence-corrected chi connectivity index (χ4v) is 2.43. The molecule has 2 rings (SSSR count). The highest BCUT2D eigenvalue weighted by atomic mass is 28.3. The SMILES string of the molecule is C[Si](C)(C)C#Cc1ccc(Nc2ccccc2F)c(C(=O)OF)c1. The fraction of sp³-hybridized carbons (Fsp3) is 0.167. The van der Waals surface area contributed by atoms with Crippen LogP contribution >= 0.6 is 0 Å². The minimum atomic E-state index is -1.59. The zero-order valence-corrected chi connectivity index (χ0v) is 14.6. The normalized spacial score (nSPS) is 10.5. The summed E-state index contributed by atoms with van der Waals surface area (Å²) >= 11 is 0. The third kappa shape index (κ3) is 4.67. The molecule has 24 heavy (non-hydrogen) atoms. The lowest BCUT2D eigenvalue weighted by Crippen LogP contribution is -2.16. The van der Waals surface area contributed by atoms with Gasteiger partial charge in [-0.2, -0.15) is 0 Å². The number of carbonyl (C=O) groups is 1. The van der Waals surface area contributed by atoms with Crippen molar-refractivity contribution in [3.8, 4) is 11.5 Å². The van der Waals surface area contributed by atoms with E-state index in [1.807, 2.05) is 0 Å². The van der Waals surface area contributed by atoms with Gasteiger partial charge in [-0.05, 0) is 30.3 Å². The van der Waals surface area contributed by atoms with E-state index in [2.05, 4.69) is 41.4 Å². The Morgan fingerprint density at radius 3 is 2.46 bits per heavy atom. The first-order chi connectivity index (χ1) is 11.3. The van der Waals surface area contributed by atoms with Crippen LogP contribution in [0.3, 0.4) is 0 Å². The van der Waals surface area contributed by atoms with E-state index in [1.165, 1.54) is 18.2 Å². The highest BCUT2D eigenvalue weighted by Crippen LogP contribution is 2.25. The molecule has 2 aromatic carbocycles. The van der Waals surface area contributed by atoms with E-state index < -0.39 is 19.9 Å². The zero-order chi connectivity index (χ0) is 17.7. The molecule has 3 nitrogen and oxygen atoms in total. The van der Waals surface area contributed by atoms with E-state index in [4.69, 9.17) is 0 Å². The van der Waals surface area contributed by atoms with Crippen molar-refractivity contribution >= 4 is 25.4 Å². The van der Waals surface area contributed by atoms with Gasteiger partial charge in [0, 0.05) is 10.1 Å². The fourth-order valence-electron chi connectivity index (χ4n) is 1.91. The second-order valence-corrected chi connectivity index (χ2v) is 11.0. The van der Waals surface area contributed by atoms with Crippen molar-refractivity contribution in [2.24, 2.45) is 0 Å². The average Bonchev–Trinajstić information content (AvgIpc) is 2.54. The van der Waals surface area contributed by atoms with Crippen LogP contribution in [-0.4, -0.2) is 14.0 Å². The molecule has 0 heterocycles. The highest BCUT2D eigenvalue weighted by molar-refractivity contribution is 6.83. The molecule has 124 valence electrons. The number of rotatable bonds is 3. The summed E-state index contributed by atoms with van der Waals surface area (Å²) < 4.78 is 26.1. The maximum atomic E-state index is 13.8. The van der Waals surface area contributed by atoms with Gasteiger partial charge in [0.05, 0.1) is 16.9 Å². The van der Waals surface area contributed by atoms with Gasteiger partial charge in [-0.15, -0.1) is 5.54 Å². The summed E-state index contributed by atoms with van der Waals surface area (Å²) in [5, 5.41) is 2.77. The summed E-state index contributed by atoms with van der Waals surface area (Å²) in [6.45, 7) is 6.26. The maximum Gasteiger partial charge on any atom is 0.381 e. The van der Waals surface area contributed by atoms with Gasteiger partial charge in [-0.25, -0.2) is 14.1 Å². The molecule has 0 aromatic heterocycles. The number of para-hydroxylation sites is 1. The first kappa shape index (κ1) is 17.7. The number of benzene rings is 2.